The van der Waals surface area contributed by atoms with Crippen LogP contribution in [0, 0.1) is 5.92 Å². The zero-order valence-corrected chi connectivity index (χ0v) is 14.9. The molecule has 1 rings (SSSR count). The number of methoxy groups -OCH3 is 1. The van der Waals surface area contributed by atoms with Gasteiger partial charge in [0.1, 0.15) is 11.5 Å². The van der Waals surface area contributed by atoms with Crippen molar-refractivity contribution in [1.82, 2.24) is 4.90 Å². The lowest BCUT2D eigenvalue weighted by Crippen LogP contribution is -2.39. The molecule has 0 heterocycles. The van der Waals surface area contributed by atoms with E-state index in [4.69, 9.17) is 9.47 Å². The van der Waals surface area contributed by atoms with Crippen molar-refractivity contribution in [2.45, 2.75) is 27.2 Å². The van der Waals surface area contributed by atoms with Crippen molar-refractivity contribution in [3.8, 4) is 11.5 Å². The molecule has 6 heteroatoms. The normalized spacial score (nSPS) is 10.4. The quantitative estimate of drug-likeness (QED) is 0.614. The molecule has 0 saturated carbocycles. The second-order valence-corrected chi connectivity index (χ2v) is 5.75. The number of carbonyl (C=O) groups is 2. The zero-order chi connectivity index (χ0) is 17.9. The average molecular weight is 337 g/mol. The van der Waals surface area contributed by atoms with Crippen molar-refractivity contribution in [3.63, 3.8) is 0 Å². The Balaban J connectivity index is 2.54. The summed E-state index contributed by atoms with van der Waals surface area (Å²) >= 11 is 0. The van der Waals surface area contributed by atoms with E-state index < -0.39 is 0 Å². The Hall–Kier alpha value is -2.24. The topological polar surface area (TPSA) is 65.1 Å². The van der Waals surface area contributed by atoms with E-state index in [1.807, 2.05) is 20.8 Å². The summed E-state index contributed by atoms with van der Waals surface area (Å²) in [5.74, 6) is 1.18. The summed E-state index contributed by atoms with van der Waals surface area (Å²) in [5, 5.41) is 0. The van der Waals surface area contributed by atoms with Crippen LogP contribution in [0.5, 0.6) is 11.5 Å². The minimum Gasteiger partial charge on any atom is -0.494 e. The smallest absolute Gasteiger partial charge is 0.307 e. The summed E-state index contributed by atoms with van der Waals surface area (Å²) in [6.45, 7) is 7.39. The molecule has 0 fully saturated rings. The summed E-state index contributed by atoms with van der Waals surface area (Å²) in [6, 6.07) is 7.12. The van der Waals surface area contributed by atoms with Gasteiger partial charge in [0.05, 0.1) is 20.1 Å². The van der Waals surface area contributed by atoms with Gasteiger partial charge in [0.2, 0.25) is 0 Å². The summed E-state index contributed by atoms with van der Waals surface area (Å²) < 4.78 is 15.5. The Bertz CT molecular complexity index is 513. The van der Waals surface area contributed by atoms with E-state index in [1.165, 1.54) is 7.11 Å². The summed E-state index contributed by atoms with van der Waals surface area (Å²) in [7, 11) is 1.34. The van der Waals surface area contributed by atoms with Gasteiger partial charge in [-0.05, 0) is 37.1 Å². The fraction of sp³-hybridized carbons (Fsp3) is 0.556. The maximum atomic E-state index is 12.3. The number of hydrogen-bond donors (Lipinski definition) is 0. The van der Waals surface area contributed by atoms with E-state index >= 15 is 0 Å². The van der Waals surface area contributed by atoms with E-state index in [9.17, 15) is 9.59 Å². The Kier molecular flexibility index (Phi) is 8.68. The molecule has 0 saturated heterocycles. The third-order valence-corrected chi connectivity index (χ3v) is 3.25. The molecule has 0 radical (unpaired) electrons. The molecule has 0 bridgehead atoms. The first-order valence-electron chi connectivity index (χ1n) is 8.16. The van der Waals surface area contributed by atoms with Gasteiger partial charge < -0.3 is 19.1 Å². The second-order valence-electron chi connectivity index (χ2n) is 5.75. The van der Waals surface area contributed by atoms with Crippen molar-refractivity contribution in [1.29, 1.82) is 0 Å². The van der Waals surface area contributed by atoms with E-state index in [0.29, 0.717) is 31.4 Å². The number of rotatable bonds is 10. The SMILES string of the molecule is CCOc1ccc(OCC(=O)N(CCC(=O)OC)CC(C)C)cc1. The van der Waals surface area contributed by atoms with Crippen LogP contribution in [0.25, 0.3) is 0 Å². The molecular weight excluding hydrogens is 310 g/mol. The number of ether oxygens (including phenoxy) is 3. The molecule has 0 spiro atoms. The van der Waals surface area contributed by atoms with Crippen molar-refractivity contribution in [2.75, 3.05) is 33.4 Å². The van der Waals surface area contributed by atoms with Crippen molar-refractivity contribution < 1.29 is 23.8 Å². The standard InChI is InChI=1S/C18H27NO5/c1-5-23-15-6-8-16(9-7-15)24-13-17(20)19(12-14(2)3)11-10-18(21)22-4/h6-9,14H,5,10-13H2,1-4H3. The number of benzene rings is 1. The number of amides is 1. The lowest BCUT2D eigenvalue weighted by molar-refractivity contribution is -0.142. The molecule has 0 aliphatic rings. The van der Waals surface area contributed by atoms with Gasteiger partial charge in [-0.15, -0.1) is 0 Å². The van der Waals surface area contributed by atoms with E-state index in [1.54, 1.807) is 29.2 Å². The van der Waals surface area contributed by atoms with Crippen LogP contribution < -0.4 is 9.47 Å². The molecule has 0 aromatic heterocycles. The first-order valence-corrected chi connectivity index (χ1v) is 8.16. The Morgan fingerprint density at radius 3 is 2.17 bits per heavy atom. The van der Waals surface area contributed by atoms with Crippen molar-refractivity contribution in [3.05, 3.63) is 24.3 Å². The van der Waals surface area contributed by atoms with Gasteiger partial charge in [-0.1, -0.05) is 13.8 Å². The Labute approximate surface area is 143 Å². The molecule has 1 amide bonds. The molecule has 1 aromatic rings. The molecule has 1 aromatic carbocycles. The first kappa shape index (κ1) is 19.8. The fourth-order valence-corrected chi connectivity index (χ4v) is 2.12. The van der Waals surface area contributed by atoms with Crippen LogP contribution in [0.2, 0.25) is 0 Å². The maximum absolute atomic E-state index is 12.3. The molecule has 0 N–H and O–H groups in total. The predicted octanol–water partition coefficient (Wildman–Crippen LogP) is 2.51. The van der Waals surface area contributed by atoms with Crippen LogP contribution >= 0.6 is 0 Å². The van der Waals surface area contributed by atoms with Gasteiger partial charge in [-0.2, -0.15) is 0 Å². The van der Waals surface area contributed by atoms with Gasteiger partial charge in [0.25, 0.3) is 5.91 Å². The summed E-state index contributed by atoms with van der Waals surface area (Å²) in [4.78, 5) is 25.3. The molecule has 0 aliphatic carbocycles. The minimum atomic E-state index is -0.330. The van der Waals surface area contributed by atoms with Gasteiger partial charge in [0.15, 0.2) is 6.61 Å². The monoisotopic (exact) mass is 337 g/mol. The van der Waals surface area contributed by atoms with E-state index in [-0.39, 0.29) is 24.9 Å². The summed E-state index contributed by atoms with van der Waals surface area (Å²) in [5.41, 5.74) is 0. The number of esters is 1. The molecule has 0 unspecified atom stereocenters. The summed E-state index contributed by atoms with van der Waals surface area (Å²) in [6.07, 6.45) is 0.179. The highest BCUT2D eigenvalue weighted by atomic mass is 16.5. The number of nitrogens with zero attached hydrogens (tertiary/aromatic N) is 1. The van der Waals surface area contributed by atoms with Crippen LogP contribution in [0.4, 0.5) is 0 Å². The highest BCUT2D eigenvalue weighted by molar-refractivity contribution is 5.78. The minimum absolute atomic E-state index is 0.0676. The predicted molar refractivity (Wildman–Crippen MR) is 91.2 cm³/mol. The van der Waals surface area contributed by atoms with Crippen LogP contribution in [-0.2, 0) is 14.3 Å². The second kappa shape index (κ2) is 10.5. The van der Waals surface area contributed by atoms with Crippen LogP contribution in [0.1, 0.15) is 27.2 Å². The molecule has 0 aliphatic heterocycles. The third-order valence-electron chi connectivity index (χ3n) is 3.25. The van der Waals surface area contributed by atoms with E-state index in [0.717, 1.165) is 5.75 Å². The lowest BCUT2D eigenvalue weighted by atomic mass is 10.2. The van der Waals surface area contributed by atoms with Gasteiger partial charge >= 0.3 is 5.97 Å². The largest absolute Gasteiger partial charge is 0.494 e. The van der Waals surface area contributed by atoms with Gasteiger partial charge in [0, 0.05) is 13.1 Å². The third kappa shape index (κ3) is 7.35. The fourth-order valence-electron chi connectivity index (χ4n) is 2.12. The Morgan fingerprint density at radius 1 is 1.08 bits per heavy atom. The molecular formula is C18H27NO5. The highest BCUT2D eigenvalue weighted by Gasteiger charge is 2.17. The van der Waals surface area contributed by atoms with Crippen LogP contribution in [0.3, 0.4) is 0 Å². The lowest BCUT2D eigenvalue weighted by Gasteiger charge is -2.24. The zero-order valence-electron chi connectivity index (χ0n) is 14.9. The molecule has 0 atom stereocenters. The Morgan fingerprint density at radius 2 is 1.67 bits per heavy atom. The van der Waals surface area contributed by atoms with Crippen molar-refractivity contribution in [2.24, 2.45) is 5.92 Å². The van der Waals surface area contributed by atoms with Crippen LogP contribution in [0.15, 0.2) is 24.3 Å². The number of hydrogen-bond acceptors (Lipinski definition) is 5. The average Bonchev–Trinajstić information content (AvgIpc) is 2.57. The molecule has 6 nitrogen and oxygen atoms in total. The van der Waals surface area contributed by atoms with E-state index in [2.05, 4.69) is 4.74 Å². The highest BCUT2D eigenvalue weighted by Crippen LogP contribution is 2.17. The van der Waals surface area contributed by atoms with Crippen molar-refractivity contribution >= 4 is 11.9 Å². The maximum Gasteiger partial charge on any atom is 0.307 e. The molecule has 134 valence electrons. The molecule has 24 heavy (non-hydrogen) atoms. The number of carbonyl (C=O) groups excluding carboxylic acids is 2. The van der Waals surface area contributed by atoms with Gasteiger partial charge in [-0.3, -0.25) is 9.59 Å². The van der Waals surface area contributed by atoms with Gasteiger partial charge in [-0.25, -0.2) is 0 Å². The van der Waals surface area contributed by atoms with Crippen LogP contribution in [-0.4, -0.2) is 50.2 Å². The first-order chi connectivity index (χ1) is 11.5.